The number of halogens is 30. The van der Waals surface area contributed by atoms with Gasteiger partial charge in [0.2, 0.25) is 5.76 Å². The summed E-state index contributed by atoms with van der Waals surface area (Å²) in [6.07, 6.45) is -36.7. The molecule has 362 valence electrons. The molecule has 0 rings (SSSR count). The minimum Gasteiger partial charge on any atom is -0.502 e. The van der Waals surface area contributed by atoms with Crippen LogP contribution in [0.4, 0.5) is 132 Å². The highest BCUT2D eigenvalue weighted by Crippen LogP contribution is 2.65. The number of hydrogen-bond donors (Lipinski definition) is 1. The maximum Gasteiger partial charge on any atom is 0.438 e. The van der Waals surface area contributed by atoms with E-state index in [1.165, 1.54) is 6.92 Å². The molecule has 0 amide bonds. The lowest BCUT2D eigenvalue weighted by Crippen LogP contribution is -2.75. The van der Waals surface area contributed by atoms with Crippen molar-refractivity contribution in [3.8, 4) is 0 Å². The second kappa shape index (κ2) is 17.4. The van der Waals surface area contributed by atoms with Crippen molar-refractivity contribution in [2.45, 2.75) is 110 Å². The first-order valence-corrected chi connectivity index (χ1v) is 14.3. The van der Waals surface area contributed by atoms with E-state index in [-0.39, 0.29) is 6.42 Å². The van der Waals surface area contributed by atoms with Crippen LogP contribution in [0.25, 0.3) is 0 Å². The van der Waals surface area contributed by atoms with Gasteiger partial charge < -0.3 is 14.6 Å². The van der Waals surface area contributed by atoms with Gasteiger partial charge in [0.1, 0.15) is 0 Å². The molecule has 0 spiro atoms. The molecule has 0 unspecified atom stereocenters. The lowest BCUT2D eigenvalue weighted by atomic mass is 9.85. The average Bonchev–Trinajstić information content (AvgIpc) is 3.03. The summed E-state index contributed by atoms with van der Waals surface area (Å²) < 4.78 is 396. The zero-order valence-electron chi connectivity index (χ0n) is 28.5. The second-order valence-corrected chi connectivity index (χ2v) is 11.4. The van der Waals surface area contributed by atoms with Gasteiger partial charge in [-0.3, -0.25) is 0 Å². The number of carbonyl (C=O) groups excluding carboxylic acids is 2. The number of ether oxygens (including phenoxy) is 2. The van der Waals surface area contributed by atoms with Crippen molar-refractivity contribution in [3.05, 3.63) is 24.0 Å². The van der Waals surface area contributed by atoms with Crippen molar-refractivity contribution >= 4 is 11.9 Å². The fraction of sp³-hybridized carbons (Fsp3) is 0.769. The molecule has 0 radical (unpaired) electrons. The first kappa shape index (κ1) is 59.2. The maximum atomic E-state index is 13.5. The van der Waals surface area contributed by atoms with E-state index in [0.29, 0.717) is 0 Å². The number of carbonyl (C=O) groups is 2. The molecule has 0 aliphatic rings. The molecular weight excluding hydrogens is 962 g/mol. The molecule has 0 aromatic heterocycles. The van der Waals surface area contributed by atoms with Gasteiger partial charge in [0.15, 0.2) is 0 Å². The van der Waals surface area contributed by atoms with Gasteiger partial charge in [0, 0.05) is 11.6 Å². The van der Waals surface area contributed by atoms with E-state index in [9.17, 15) is 141 Å². The molecule has 0 heterocycles. The van der Waals surface area contributed by atoms with Crippen LogP contribution in [0.2, 0.25) is 0 Å². The second-order valence-electron chi connectivity index (χ2n) is 11.4. The van der Waals surface area contributed by atoms with Crippen LogP contribution < -0.4 is 0 Å². The number of hydrogen-bond acceptors (Lipinski definition) is 5. The van der Waals surface area contributed by atoms with Crippen molar-refractivity contribution in [3.63, 3.8) is 0 Å². The molecule has 0 atom stereocenters. The lowest BCUT2D eigenvalue weighted by molar-refractivity contribution is -0.457. The van der Waals surface area contributed by atoms with Gasteiger partial charge in [-0.15, -0.1) is 0 Å². The van der Waals surface area contributed by atoms with Gasteiger partial charge >= 0.3 is 95.4 Å². The van der Waals surface area contributed by atoms with Crippen LogP contribution in [-0.4, -0.2) is 114 Å². The molecule has 5 nitrogen and oxygen atoms in total. The van der Waals surface area contributed by atoms with Crippen LogP contribution in [0.1, 0.15) is 26.7 Å². The summed E-state index contributed by atoms with van der Waals surface area (Å²) in [5, 5.41) is 8.84. The first-order valence-electron chi connectivity index (χ1n) is 14.3. The summed E-state index contributed by atoms with van der Waals surface area (Å²) in [7, 11) is 0. The Morgan fingerprint density at radius 3 is 1.05 bits per heavy atom. The first-order chi connectivity index (χ1) is 26.2. The van der Waals surface area contributed by atoms with Crippen LogP contribution in [0.15, 0.2) is 24.0 Å². The number of allylic oxidation sites excluding steroid dienone is 1. The predicted molar refractivity (Wildman–Crippen MR) is 134 cm³/mol. The Morgan fingerprint density at radius 1 is 0.475 bits per heavy atom. The Morgan fingerprint density at radius 2 is 0.770 bits per heavy atom. The van der Waals surface area contributed by atoms with Crippen molar-refractivity contribution in [1.29, 1.82) is 0 Å². The Labute approximate surface area is 316 Å². The van der Waals surface area contributed by atoms with Crippen molar-refractivity contribution < 1.29 is 156 Å². The largest absolute Gasteiger partial charge is 0.502 e. The van der Waals surface area contributed by atoms with Crippen LogP contribution in [-0.2, 0) is 19.1 Å². The molecule has 0 bridgehead atoms. The maximum absolute atomic E-state index is 13.5. The minimum atomic E-state index is -8.57. The normalized spacial score (nSPS) is 15.5. The fourth-order valence-corrected chi connectivity index (χ4v) is 3.44. The van der Waals surface area contributed by atoms with Gasteiger partial charge in [-0.05, 0) is 13.3 Å². The number of esters is 2. The number of aliphatic hydroxyl groups excluding tert-OH is 1. The molecule has 61 heavy (non-hydrogen) atoms. The quantitative estimate of drug-likeness (QED) is 0.0722. The smallest absolute Gasteiger partial charge is 0.438 e. The number of rotatable bonds is 16. The monoisotopic (exact) mass is 980 g/mol. The molecule has 0 aromatic carbocycles. The Kier molecular flexibility index (Phi) is 16.8. The standard InChI is InChI=1S/C13H9F15O3.C13H9F15O2/c1-2-3-31-6(30)5(29)4-7(14,15)9(17,18)11(21,22)10(19,20)8(16,12(23,24)25)13(26,27)28;1-5(2)6(29)30-4-3-7(14,15)9(17,18)11(21,22)10(19,20)8(16,12(23,24)25)13(26,27)28/h4,29H,2-3H2,1H3;1,3-4H2,2H3. The van der Waals surface area contributed by atoms with E-state index >= 15 is 0 Å². The molecule has 0 saturated carbocycles. The Bertz CT molecular complexity index is 1550. The van der Waals surface area contributed by atoms with Crippen molar-refractivity contribution in [1.82, 2.24) is 0 Å². The molecule has 1 N–H and O–H groups in total. The van der Waals surface area contributed by atoms with E-state index in [2.05, 4.69) is 16.1 Å². The lowest BCUT2D eigenvalue weighted by Gasteiger charge is -2.43. The van der Waals surface area contributed by atoms with Crippen LogP contribution in [0.5, 0.6) is 0 Å². The van der Waals surface area contributed by atoms with Crippen LogP contribution >= 0.6 is 0 Å². The number of aliphatic hydroxyl groups is 1. The topological polar surface area (TPSA) is 72.8 Å². The zero-order valence-corrected chi connectivity index (χ0v) is 28.5. The summed E-state index contributed by atoms with van der Waals surface area (Å²) in [6.45, 7) is 2.43. The summed E-state index contributed by atoms with van der Waals surface area (Å²) in [5.41, 5.74) is -17.3. The third-order valence-corrected chi connectivity index (χ3v) is 6.85. The van der Waals surface area contributed by atoms with Gasteiger partial charge in [-0.25, -0.2) is 18.4 Å². The summed E-state index contributed by atoms with van der Waals surface area (Å²) >= 11 is 0. The summed E-state index contributed by atoms with van der Waals surface area (Å²) in [5.74, 6) is -69.2. The van der Waals surface area contributed by atoms with Gasteiger partial charge in [0.25, 0.3) is 0 Å². The van der Waals surface area contributed by atoms with Crippen LogP contribution in [0.3, 0.4) is 0 Å². The molecule has 0 aliphatic heterocycles. The van der Waals surface area contributed by atoms with Crippen LogP contribution in [0, 0.1) is 0 Å². The molecule has 0 aromatic rings. The van der Waals surface area contributed by atoms with E-state index in [1.807, 2.05) is 0 Å². The minimum absolute atomic E-state index is 0.0800. The SMILES string of the molecule is C=C(C)C(=O)OCCC(F)(F)C(F)(F)C(F)(F)C(F)(F)C(F)(C(F)(F)F)C(F)(F)F.CCCOC(=O)C(O)=CC(F)(F)C(F)(F)C(F)(F)C(F)(F)C(F)(C(F)(F)F)C(F)(F)F. The van der Waals surface area contributed by atoms with E-state index in [4.69, 9.17) is 5.11 Å². The van der Waals surface area contributed by atoms with E-state index < -0.39 is 132 Å². The Balaban J connectivity index is 0. The summed E-state index contributed by atoms with van der Waals surface area (Å²) in [6, 6.07) is 0. The highest BCUT2D eigenvalue weighted by atomic mass is 19.5. The van der Waals surface area contributed by atoms with Gasteiger partial charge in [-0.1, -0.05) is 13.5 Å². The average molecular weight is 980 g/mol. The summed E-state index contributed by atoms with van der Waals surface area (Å²) in [4.78, 5) is 21.8. The molecule has 0 fully saturated rings. The highest BCUT2D eigenvalue weighted by molar-refractivity contribution is 5.87. The van der Waals surface area contributed by atoms with Crippen molar-refractivity contribution in [2.75, 3.05) is 13.2 Å². The van der Waals surface area contributed by atoms with Gasteiger partial charge in [-0.2, -0.15) is 123 Å². The van der Waals surface area contributed by atoms with Crippen molar-refractivity contribution in [2.24, 2.45) is 0 Å². The number of alkyl halides is 30. The van der Waals surface area contributed by atoms with E-state index in [1.54, 1.807) is 0 Å². The molecular formula is C26H18F30O5. The zero-order chi connectivity index (χ0) is 50.3. The fourth-order valence-electron chi connectivity index (χ4n) is 3.44. The van der Waals surface area contributed by atoms with Gasteiger partial charge in [0.05, 0.1) is 19.6 Å². The molecule has 35 heteroatoms. The van der Waals surface area contributed by atoms with E-state index in [0.717, 1.165) is 6.92 Å². The predicted octanol–water partition coefficient (Wildman–Crippen LogP) is 11.6. The molecule has 0 saturated heterocycles. The third kappa shape index (κ3) is 10.0. The molecule has 0 aliphatic carbocycles. The third-order valence-electron chi connectivity index (χ3n) is 6.85. The highest BCUT2D eigenvalue weighted by Gasteiger charge is 2.97. The Hall–Kier alpha value is -3.88.